The standard InChI is InChI=1S/C15H33N3OS/c1-2-17-10-7-5-3-4-6-8-11-18-12-9-13-20-14-15(16)19/h17-18H,2-14H2,1H3,(H2,16,19). The van der Waals surface area contributed by atoms with Crippen LogP contribution in [0.3, 0.4) is 0 Å². The van der Waals surface area contributed by atoms with E-state index >= 15 is 0 Å². The van der Waals surface area contributed by atoms with Gasteiger partial charge in [0.05, 0.1) is 5.75 Å². The molecule has 0 aliphatic rings. The third kappa shape index (κ3) is 17.7. The number of unbranched alkanes of at least 4 members (excludes halogenated alkanes) is 5. The number of thioether (sulfide) groups is 1. The number of nitrogens with two attached hydrogens (primary N) is 1. The lowest BCUT2D eigenvalue weighted by Crippen LogP contribution is -2.18. The predicted octanol–water partition coefficient (Wildman–Crippen LogP) is 2.13. The van der Waals surface area contributed by atoms with Crippen molar-refractivity contribution < 1.29 is 4.79 Å². The highest BCUT2D eigenvalue weighted by atomic mass is 32.2. The maximum Gasteiger partial charge on any atom is 0.227 e. The minimum absolute atomic E-state index is 0.214. The molecule has 4 nitrogen and oxygen atoms in total. The largest absolute Gasteiger partial charge is 0.369 e. The molecule has 0 aromatic rings. The molecule has 0 atom stereocenters. The van der Waals surface area contributed by atoms with Crippen LogP contribution in [0.25, 0.3) is 0 Å². The van der Waals surface area contributed by atoms with Crippen molar-refractivity contribution in [3.63, 3.8) is 0 Å². The second-order valence-electron chi connectivity index (χ2n) is 5.10. The van der Waals surface area contributed by atoms with Crippen molar-refractivity contribution in [1.29, 1.82) is 0 Å². The summed E-state index contributed by atoms with van der Waals surface area (Å²) in [6.45, 7) is 6.59. The number of nitrogens with one attached hydrogen (secondary N) is 2. The van der Waals surface area contributed by atoms with Gasteiger partial charge in [-0.1, -0.05) is 32.6 Å². The lowest BCUT2D eigenvalue weighted by molar-refractivity contribution is -0.115. The Morgan fingerprint density at radius 1 is 0.900 bits per heavy atom. The SMILES string of the molecule is CCNCCCCCCCCNCCCSCC(N)=O. The van der Waals surface area contributed by atoms with E-state index in [1.165, 1.54) is 45.1 Å². The van der Waals surface area contributed by atoms with Gasteiger partial charge in [-0.15, -0.1) is 0 Å². The first kappa shape index (κ1) is 19.7. The van der Waals surface area contributed by atoms with Gasteiger partial charge in [0.1, 0.15) is 0 Å². The van der Waals surface area contributed by atoms with Crippen molar-refractivity contribution in [2.24, 2.45) is 5.73 Å². The first-order valence-electron chi connectivity index (χ1n) is 8.05. The molecule has 0 radical (unpaired) electrons. The van der Waals surface area contributed by atoms with E-state index in [1.54, 1.807) is 11.8 Å². The van der Waals surface area contributed by atoms with Crippen LogP contribution >= 0.6 is 11.8 Å². The molecule has 120 valence electrons. The fraction of sp³-hybridized carbons (Fsp3) is 0.933. The van der Waals surface area contributed by atoms with Crippen molar-refractivity contribution in [3.8, 4) is 0 Å². The topological polar surface area (TPSA) is 67.2 Å². The Morgan fingerprint density at radius 2 is 1.45 bits per heavy atom. The summed E-state index contributed by atoms with van der Waals surface area (Å²) in [5, 5.41) is 6.81. The fourth-order valence-electron chi connectivity index (χ4n) is 1.98. The first-order chi connectivity index (χ1) is 9.77. The average molecular weight is 304 g/mol. The summed E-state index contributed by atoms with van der Waals surface area (Å²) >= 11 is 1.62. The van der Waals surface area contributed by atoms with Crippen LogP contribution in [0, 0.1) is 0 Å². The summed E-state index contributed by atoms with van der Waals surface area (Å²) in [5.41, 5.74) is 5.07. The number of hydrogen-bond donors (Lipinski definition) is 3. The first-order valence-corrected chi connectivity index (χ1v) is 9.20. The van der Waals surface area contributed by atoms with Crippen LogP contribution in [0.4, 0.5) is 0 Å². The minimum Gasteiger partial charge on any atom is -0.369 e. The molecule has 4 N–H and O–H groups in total. The van der Waals surface area contributed by atoms with E-state index in [0.29, 0.717) is 5.75 Å². The van der Waals surface area contributed by atoms with Gasteiger partial charge < -0.3 is 16.4 Å². The minimum atomic E-state index is -0.214. The molecule has 0 heterocycles. The van der Waals surface area contributed by atoms with E-state index in [2.05, 4.69) is 17.6 Å². The van der Waals surface area contributed by atoms with E-state index < -0.39 is 0 Å². The highest BCUT2D eigenvalue weighted by Crippen LogP contribution is 2.04. The zero-order chi connectivity index (χ0) is 14.9. The maximum absolute atomic E-state index is 10.5. The summed E-state index contributed by atoms with van der Waals surface area (Å²) in [6.07, 6.45) is 9.14. The summed E-state index contributed by atoms with van der Waals surface area (Å²) < 4.78 is 0. The Bertz CT molecular complexity index is 215. The van der Waals surface area contributed by atoms with Gasteiger partial charge in [0, 0.05) is 0 Å². The molecule has 0 saturated heterocycles. The van der Waals surface area contributed by atoms with Gasteiger partial charge in [-0.2, -0.15) is 11.8 Å². The summed E-state index contributed by atoms with van der Waals surface area (Å²) in [5.74, 6) is 1.25. The molecule has 0 aliphatic carbocycles. The zero-order valence-corrected chi connectivity index (χ0v) is 13.9. The molecule has 0 saturated carbocycles. The van der Waals surface area contributed by atoms with Crippen LogP contribution in [0.1, 0.15) is 51.9 Å². The Hall–Kier alpha value is -0.260. The highest BCUT2D eigenvalue weighted by molar-refractivity contribution is 7.99. The van der Waals surface area contributed by atoms with Gasteiger partial charge in [0.25, 0.3) is 0 Å². The third-order valence-electron chi connectivity index (χ3n) is 3.09. The molecule has 0 spiro atoms. The Morgan fingerprint density at radius 3 is 2.05 bits per heavy atom. The Labute approximate surface area is 129 Å². The molecule has 1 amide bonds. The van der Waals surface area contributed by atoms with Gasteiger partial charge in [0.2, 0.25) is 5.91 Å². The maximum atomic E-state index is 10.5. The number of carbonyl (C=O) groups excluding carboxylic acids is 1. The van der Waals surface area contributed by atoms with Gasteiger partial charge >= 0.3 is 0 Å². The van der Waals surface area contributed by atoms with Gasteiger partial charge in [-0.25, -0.2) is 0 Å². The smallest absolute Gasteiger partial charge is 0.227 e. The van der Waals surface area contributed by atoms with Crippen LogP contribution in [0.15, 0.2) is 0 Å². The van der Waals surface area contributed by atoms with E-state index in [0.717, 1.165) is 31.8 Å². The fourth-order valence-corrected chi connectivity index (χ4v) is 2.67. The molecule has 0 aliphatic heterocycles. The lowest BCUT2D eigenvalue weighted by atomic mass is 10.1. The molecule has 0 aromatic carbocycles. The second-order valence-corrected chi connectivity index (χ2v) is 6.20. The van der Waals surface area contributed by atoms with Crippen molar-refractivity contribution in [3.05, 3.63) is 0 Å². The molecule has 20 heavy (non-hydrogen) atoms. The zero-order valence-electron chi connectivity index (χ0n) is 13.1. The van der Waals surface area contributed by atoms with Crippen LogP contribution in [-0.2, 0) is 4.79 Å². The molecular weight excluding hydrogens is 270 g/mol. The van der Waals surface area contributed by atoms with Crippen LogP contribution in [0.2, 0.25) is 0 Å². The quantitative estimate of drug-likeness (QED) is 0.382. The predicted molar refractivity (Wildman–Crippen MR) is 90.3 cm³/mol. The summed E-state index contributed by atoms with van der Waals surface area (Å²) in [6, 6.07) is 0. The Kier molecular flexibility index (Phi) is 16.6. The van der Waals surface area contributed by atoms with Gasteiger partial charge in [0.15, 0.2) is 0 Å². The van der Waals surface area contributed by atoms with Crippen molar-refractivity contribution in [2.75, 3.05) is 37.7 Å². The number of carbonyl (C=O) groups is 1. The molecule has 0 fully saturated rings. The van der Waals surface area contributed by atoms with E-state index in [-0.39, 0.29) is 5.91 Å². The van der Waals surface area contributed by atoms with Crippen molar-refractivity contribution in [1.82, 2.24) is 10.6 Å². The van der Waals surface area contributed by atoms with Crippen LogP contribution < -0.4 is 16.4 Å². The van der Waals surface area contributed by atoms with Crippen molar-refractivity contribution in [2.45, 2.75) is 51.9 Å². The molecule has 0 bridgehead atoms. The molecule has 0 aromatic heterocycles. The highest BCUT2D eigenvalue weighted by Gasteiger charge is 1.95. The molecular formula is C15H33N3OS. The second kappa shape index (κ2) is 16.8. The Balaban J connectivity index is 2.94. The number of amides is 1. The van der Waals surface area contributed by atoms with E-state index in [9.17, 15) is 4.79 Å². The third-order valence-corrected chi connectivity index (χ3v) is 4.16. The monoisotopic (exact) mass is 303 g/mol. The van der Waals surface area contributed by atoms with Crippen LogP contribution in [0.5, 0.6) is 0 Å². The normalized spacial score (nSPS) is 10.8. The lowest BCUT2D eigenvalue weighted by Gasteiger charge is -2.05. The average Bonchev–Trinajstić information content (AvgIpc) is 2.43. The number of hydrogen-bond acceptors (Lipinski definition) is 4. The molecule has 0 unspecified atom stereocenters. The summed E-state index contributed by atoms with van der Waals surface area (Å²) in [7, 11) is 0. The van der Waals surface area contributed by atoms with E-state index in [4.69, 9.17) is 5.73 Å². The number of primary amides is 1. The van der Waals surface area contributed by atoms with Gasteiger partial charge in [-0.05, 0) is 51.2 Å². The van der Waals surface area contributed by atoms with Crippen molar-refractivity contribution >= 4 is 17.7 Å². The van der Waals surface area contributed by atoms with E-state index in [1.807, 2.05) is 0 Å². The number of rotatable bonds is 16. The molecule has 0 rings (SSSR count). The summed E-state index contributed by atoms with van der Waals surface area (Å²) in [4.78, 5) is 10.5. The van der Waals surface area contributed by atoms with Gasteiger partial charge in [-0.3, -0.25) is 4.79 Å². The van der Waals surface area contributed by atoms with Crippen LogP contribution in [-0.4, -0.2) is 43.6 Å². The molecule has 5 heteroatoms.